The fourth-order valence-corrected chi connectivity index (χ4v) is 16.4. The first-order valence-electron chi connectivity index (χ1n) is 37.6. The zero-order valence-electron chi connectivity index (χ0n) is 61.3. The number of hydrogen-bond donors (Lipinski definition) is 0. The van der Waals surface area contributed by atoms with E-state index in [0.29, 0.717) is 17.5 Å². The van der Waals surface area contributed by atoms with Gasteiger partial charge >= 0.3 is 0 Å². The predicted octanol–water partition coefficient (Wildman–Crippen LogP) is 28.0. The minimum atomic E-state index is 0.647. The van der Waals surface area contributed by atoms with E-state index in [2.05, 4.69) is 357 Å². The third-order valence-corrected chi connectivity index (χ3v) is 22.2. The Kier molecular flexibility index (Phi) is 19.4. The van der Waals surface area contributed by atoms with E-state index in [4.69, 9.17) is 19.9 Å². The number of pyridine rings is 3. The van der Waals surface area contributed by atoms with Gasteiger partial charge in [-0.2, -0.15) is 0 Å². The van der Waals surface area contributed by atoms with E-state index in [1.165, 1.54) is 65.5 Å². The number of hydrogen-bond acceptors (Lipinski definition) is 6. The van der Waals surface area contributed by atoms with Crippen molar-refractivity contribution in [3.05, 3.63) is 414 Å². The van der Waals surface area contributed by atoms with Crippen LogP contribution in [0, 0.1) is 0 Å². The lowest BCUT2D eigenvalue weighted by atomic mass is 9.96. The molecule has 7 heterocycles. The number of aromatic nitrogens is 9. The van der Waals surface area contributed by atoms with E-state index >= 15 is 0 Å². The Morgan fingerprint density at radius 2 is 0.456 bits per heavy atom. The van der Waals surface area contributed by atoms with Gasteiger partial charge in [0.1, 0.15) is 0 Å². The van der Waals surface area contributed by atoms with Gasteiger partial charge in [0.25, 0.3) is 0 Å². The van der Waals surface area contributed by atoms with Gasteiger partial charge in [0.2, 0.25) is 0 Å². The highest BCUT2D eigenvalue weighted by molar-refractivity contribution is 9.11. The Morgan fingerprint density at radius 1 is 0.175 bits per heavy atom. The molecule has 0 fully saturated rings. The van der Waals surface area contributed by atoms with Gasteiger partial charge in [-0.15, -0.1) is 0 Å². The third-order valence-electron chi connectivity index (χ3n) is 20.7. The van der Waals surface area contributed by atoms with Crippen LogP contribution in [0.2, 0.25) is 0 Å². The summed E-state index contributed by atoms with van der Waals surface area (Å²) in [4.78, 5) is 28.8. The molecule has 0 unspecified atom stereocenters. The summed E-state index contributed by atoms with van der Waals surface area (Å²) in [5.41, 5.74) is 26.1. The summed E-state index contributed by atoms with van der Waals surface area (Å²) in [5, 5.41) is 7.46. The minimum absolute atomic E-state index is 0.647. The van der Waals surface area contributed by atoms with Gasteiger partial charge in [-0.05, 0) is 180 Å². The molecule has 0 spiro atoms. The quantitative estimate of drug-likeness (QED) is 0.121. The van der Waals surface area contributed by atoms with Crippen LogP contribution in [0.3, 0.4) is 0 Å². The lowest BCUT2D eigenvalue weighted by molar-refractivity contribution is 1.07. The van der Waals surface area contributed by atoms with Crippen molar-refractivity contribution >= 4 is 113 Å². The van der Waals surface area contributed by atoms with Gasteiger partial charge in [-0.1, -0.05) is 278 Å². The molecule has 0 bridgehead atoms. The highest BCUT2D eigenvalue weighted by atomic mass is 79.9. The Bertz CT molecular complexity index is 6230. The van der Waals surface area contributed by atoms with Crippen molar-refractivity contribution in [3.8, 4) is 119 Å². The molecule has 0 atom stereocenters. The molecular formula is C102H66Br3N9. The number of rotatable bonds is 12. The number of benzene rings is 14. The fourth-order valence-electron chi connectivity index (χ4n) is 15.3. The maximum Gasteiger partial charge on any atom is 0.164 e. The summed E-state index contributed by atoms with van der Waals surface area (Å²) < 4.78 is 10.2. The van der Waals surface area contributed by atoms with E-state index in [1.807, 2.05) is 116 Å². The zero-order chi connectivity index (χ0) is 76.4. The molecule has 0 aliphatic carbocycles. The van der Waals surface area contributed by atoms with E-state index in [1.54, 1.807) is 0 Å². The molecule has 0 aliphatic heterocycles. The third kappa shape index (κ3) is 14.2. The maximum absolute atomic E-state index is 5.09. The molecule has 12 heteroatoms. The number of fused-ring (bicyclic) bond motifs is 9. The summed E-state index contributed by atoms with van der Waals surface area (Å²) in [6, 6.07) is 135. The molecule has 540 valence electrons. The molecule has 21 rings (SSSR count). The Balaban J connectivity index is 0.000000115. The second kappa shape index (κ2) is 31.3. The number of nitrogens with zero attached hydrogens (tertiary/aromatic N) is 9. The SMILES string of the molecule is Brc1ccc2c3ccccc3n(-c3ccc(-c4cc(-c5ccccc5)cc(-c5ccccc5)n4)cc3)c2c1.Brc1ccc2c3ccccc3n(-c3ccc(-c4cc(-c5ccccn5)cc(-c5ccccn5)c4)cc3)c2c1.Brc1ccc2c3ccccc3n(-c3ccc(-c4nc(-c5ccccc5)nc(-c5ccccc5)n4)cc3)c2c1. The van der Waals surface area contributed by atoms with Crippen LogP contribution in [-0.4, -0.2) is 43.6 Å². The Labute approximate surface area is 684 Å². The monoisotopic (exact) mass is 1650 g/mol. The van der Waals surface area contributed by atoms with Crippen molar-refractivity contribution < 1.29 is 0 Å². The first-order valence-corrected chi connectivity index (χ1v) is 40.0. The topological polar surface area (TPSA) is 92.1 Å². The average Bonchev–Trinajstić information content (AvgIpc) is 1.60. The van der Waals surface area contributed by atoms with Gasteiger partial charge < -0.3 is 13.7 Å². The van der Waals surface area contributed by atoms with E-state index in [9.17, 15) is 0 Å². The predicted molar refractivity (Wildman–Crippen MR) is 481 cm³/mol. The minimum Gasteiger partial charge on any atom is -0.309 e. The van der Waals surface area contributed by atoms with Crippen molar-refractivity contribution in [2.75, 3.05) is 0 Å². The smallest absolute Gasteiger partial charge is 0.164 e. The van der Waals surface area contributed by atoms with Crippen LogP contribution in [0.4, 0.5) is 0 Å². The first-order chi connectivity index (χ1) is 56.2. The molecule has 114 heavy (non-hydrogen) atoms. The molecule has 14 aromatic carbocycles. The highest BCUT2D eigenvalue weighted by Crippen LogP contribution is 2.41. The molecule has 0 saturated heterocycles. The van der Waals surface area contributed by atoms with E-state index in [-0.39, 0.29) is 0 Å². The summed E-state index contributed by atoms with van der Waals surface area (Å²) in [7, 11) is 0. The van der Waals surface area contributed by atoms with E-state index < -0.39 is 0 Å². The van der Waals surface area contributed by atoms with Crippen LogP contribution in [0.25, 0.3) is 184 Å². The molecule has 0 radical (unpaired) electrons. The second-order valence-corrected chi connectivity index (χ2v) is 30.6. The van der Waals surface area contributed by atoms with Gasteiger partial charge in [-0.3, -0.25) is 9.97 Å². The van der Waals surface area contributed by atoms with Crippen LogP contribution in [0.15, 0.2) is 414 Å². The van der Waals surface area contributed by atoms with Crippen molar-refractivity contribution in [1.29, 1.82) is 0 Å². The van der Waals surface area contributed by atoms with Crippen LogP contribution in [-0.2, 0) is 0 Å². The summed E-state index contributed by atoms with van der Waals surface area (Å²) >= 11 is 11.0. The molecule has 0 N–H and O–H groups in total. The summed E-state index contributed by atoms with van der Waals surface area (Å²) in [5.74, 6) is 1.96. The standard InChI is InChI=1S/C35H23BrN2.C34H22BrN3.C33H21BrN4/c36-28-17-20-31-30-13-7-8-14-34(30)38(35(31)23-28)29-18-15-26(16-19-29)33-22-27(24-9-3-1-4-10-24)21-32(37-33)25-11-5-2-6-12-25;35-27-13-16-30-29-7-1-2-10-33(29)38(34(30)22-27)28-14-11-23(12-15-28)24-19-25(31-8-3-5-17-36-31)21-26(20-24)32-9-4-6-18-37-32;34-25-17-20-28-27-13-7-8-14-29(27)38(30(28)21-25)26-18-15-24(16-19-26)33-36-31(22-9-3-1-4-10-22)35-32(37-33)23-11-5-2-6-12-23/h1-23H;1-22H;1-21H. The lowest BCUT2D eigenvalue weighted by Crippen LogP contribution is -2.00. The zero-order valence-corrected chi connectivity index (χ0v) is 66.0. The van der Waals surface area contributed by atoms with Crippen molar-refractivity contribution in [2.24, 2.45) is 0 Å². The van der Waals surface area contributed by atoms with Gasteiger partial charge in [0.15, 0.2) is 17.5 Å². The molecule has 9 nitrogen and oxygen atoms in total. The van der Waals surface area contributed by atoms with Gasteiger partial charge in [0.05, 0.1) is 55.9 Å². The first kappa shape index (κ1) is 70.7. The maximum atomic E-state index is 5.09. The van der Waals surface area contributed by atoms with Crippen molar-refractivity contribution in [1.82, 2.24) is 43.6 Å². The summed E-state index contributed by atoms with van der Waals surface area (Å²) in [6.45, 7) is 0. The van der Waals surface area contributed by atoms with E-state index in [0.717, 1.165) is 114 Å². The van der Waals surface area contributed by atoms with Gasteiger partial charge in [-0.25, -0.2) is 19.9 Å². The highest BCUT2D eigenvalue weighted by Gasteiger charge is 2.20. The Morgan fingerprint density at radius 3 is 0.833 bits per heavy atom. The van der Waals surface area contributed by atoms with Gasteiger partial charge in [0, 0.05) is 114 Å². The summed E-state index contributed by atoms with van der Waals surface area (Å²) in [6.07, 6.45) is 3.67. The normalized spacial score (nSPS) is 11.3. The second-order valence-electron chi connectivity index (χ2n) is 27.8. The molecule has 0 amide bonds. The van der Waals surface area contributed by atoms with Crippen LogP contribution >= 0.6 is 47.8 Å². The fraction of sp³-hybridized carbons (Fsp3) is 0. The van der Waals surface area contributed by atoms with Crippen LogP contribution in [0.1, 0.15) is 0 Å². The lowest BCUT2D eigenvalue weighted by Gasteiger charge is -2.12. The Hall–Kier alpha value is -13.6. The number of halogens is 3. The molecule has 0 saturated carbocycles. The van der Waals surface area contributed by atoms with Crippen molar-refractivity contribution in [3.63, 3.8) is 0 Å². The van der Waals surface area contributed by atoms with Crippen molar-refractivity contribution in [2.45, 2.75) is 0 Å². The van der Waals surface area contributed by atoms with Crippen LogP contribution < -0.4 is 0 Å². The molecule has 0 aliphatic rings. The molecule has 21 aromatic rings. The largest absolute Gasteiger partial charge is 0.309 e. The number of para-hydroxylation sites is 3. The molecule has 7 aromatic heterocycles. The average molecular weight is 1660 g/mol. The molecular weight excluding hydrogens is 1590 g/mol. The van der Waals surface area contributed by atoms with Crippen LogP contribution in [0.5, 0.6) is 0 Å².